The summed E-state index contributed by atoms with van der Waals surface area (Å²) in [5.41, 5.74) is 1.15. The second-order valence-corrected chi connectivity index (χ2v) is 4.53. The molecule has 0 fully saturated rings. The standard InChI is InChI=1S/C12H15N3S/c1-2-13-9-8-11-14-15-12(16-11)10-6-4-3-5-7-10/h3-7,13H,2,8-9H2,1H3. The van der Waals surface area contributed by atoms with Crippen LogP contribution in [0.5, 0.6) is 0 Å². The van der Waals surface area contributed by atoms with Crippen molar-refractivity contribution in [3.05, 3.63) is 35.3 Å². The summed E-state index contributed by atoms with van der Waals surface area (Å²) in [7, 11) is 0. The third-order valence-electron chi connectivity index (χ3n) is 2.25. The van der Waals surface area contributed by atoms with Crippen LogP contribution in [0.4, 0.5) is 0 Å². The highest BCUT2D eigenvalue weighted by Gasteiger charge is 2.05. The Bertz CT molecular complexity index is 425. The Labute approximate surface area is 99.5 Å². The first-order valence-corrected chi connectivity index (χ1v) is 6.30. The summed E-state index contributed by atoms with van der Waals surface area (Å²) < 4.78 is 0. The van der Waals surface area contributed by atoms with Crippen LogP contribution in [0.2, 0.25) is 0 Å². The molecule has 1 heterocycles. The van der Waals surface area contributed by atoms with E-state index in [9.17, 15) is 0 Å². The average molecular weight is 233 g/mol. The highest BCUT2D eigenvalue weighted by Crippen LogP contribution is 2.22. The molecule has 16 heavy (non-hydrogen) atoms. The van der Waals surface area contributed by atoms with Crippen molar-refractivity contribution in [1.82, 2.24) is 15.5 Å². The molecule has 0 amide bonds. The molecule has 2 rings (SSSR count). The first-order chi connectivity index (χ1) is 7.90. The van der Waals surface area contributed by atoms with Gasteiger partial charge >= 0.3 is 0 Å². The van der Waals surface area contributed by atoms with Gasteiger partial charge in [0, 0.05) is 18.5 Å². The van der Waals surface area contributed by atoms with Crippen LogP contribution in [-0.4, -0.2) is 23.3 Å². The van der Waals surface area contributed by atoms with Crippen molar-refractivity contribution in [2.75, 3.05) is 13.1 Å². The van der Waals surface area contributed by atoms with E-state index in [4.69, 9.17) is 0 Å². The Morgan fingerprint density at radius 1 is 1.19 bits per heavy atom. The average Bonchev–Trinajstić information content (AvgIpc) is 2.79. The van der Waals surface area contributed by atoms with Gasteiger partial charge in [0.05, 0.1) is 0 Å². The summed E-state index contributed by atoms with van der Waals surface area (Å²) in [6.07, 6.45) is 0.957. The molecule has 0 atom stereocenters. The number of hydrogen-bond acceptors (Lipinski definition) is 4. The Morgan fingerprint density at radius 2 is 2.00 bits per heavy atom. The molecule has 0 bridgehead atoms. The Balaban J connectivity index is 2.02. The maximum atomic E-state index is 4.21. The highest BCUT2D eigenvalue weighted by atomic mass is 32.1. The number of aromatic nitrogens is 2. The molecule has 0 unspecified atom stereocenters. The van der Waals surface area contributed by atoms with Crippen molar-refractivity contribution in [3.63, 3.8) is 0 Å². The van der Waals surface area contributed by atoms with Crippen molar-refractivity contribution in [2.45, 2.75) is 13.3 Å². The summed E-state index contributed by atoms with van der Waals surface area (Å²) >= 11 is 1.67. The summed E-state index contributed by atoms with van der Waals surface area (Å²) in [5.74, 6) is 0. The molecule has 2 aromatic rings. The zero-order chi connectivity index (χ0) is 11.2. The normalized spacial score (nSPS) is 10.6. The van der Waals surface area contributed by atoms with Crippen molar-refractivity contribution >= 4 is 11.3 Å². The minimum atomic E-state index is 0.957. The lowest BCUT2D eigenvalue weighted by atomic mass is 10.2. The van der Waals surface area contributed by atoms with Gasteiger partial charge in [0.2, 0.25) is 0 Å². The van der Waals surface area contributed by atoms with Gasteiger partial charge in [0.15, 0.2) is 0 Å². The van der Waals surface area contributed by atoms with Gasteiger partial charge in [0.1, 0.15) is 10.0 Å². The van der Waals surface area contributed by atoms with Crippen LogP contribution in [0.15, 0.2) is 30.3 Å². The Morgan fingerprint density at radius 3 is 2.75 bits per heavy atom. The SMILES string of the molecule is CCNCCc1nnc(-c2ccccc2)s1. The number of nitrogens with zero attached hydrogens (tertiary/aromatic N) is 2. The number of benzene rings is 1. The number of hydrogen-bond donors (Lipinski definition) is 1. The van der Waals surface area contributed by atoms with E-state index in [-0.39, 0.29) is 0 Å². The fraction of sp³-hybridized carbons (Fsp3) is 0.333. The molecule has 0 aliphatic rings. The molecule has 1 N–H and O–H groups in total. The van der Waals surface area contributed by atoms with E-state index in [0.29, 0.717) is 0 Å². The first-order valence-electron chi connectivity index (χ1n) is 5.48. The minimum Gasteiger partial charge on any atom is -0.317 e. The van der Waals surface area contributed by atoms with Gasteiger partial charge in [-0.2, -0.15) is 0 Å². The number of rotatable bonds is 5. The van der Waals surface area contributed by atoms with E-state index in [0.717, 1.165) is 35.1 Å². The van der Waals surface area contributed by atoms with Crippen LogP contribution in [0.3, 0.4) is 0 Å². The summed E-state index contributed by atoms with van der Waals surface area (Å²) in [4.78, 5) is 0. The van der Waals surface area contributed by atoms with Crippen LogP contribution in [0, 0.1) is 0 Å². The quantitative estimate of drug-likeness (QED) is 0.806. The number of nitrogens with one attached hydrogen (secondary N) is 1. The van der Waals surface area contributed by atoms with Gasteiger partial charge in [-0.05, 0) is 6.54 Å². The molecule has 1 aromatic carbocycles. The van der Waals surface area contributed by atoms with Gasteiger partial charge < -0.3 is 5.32 Å². The Hall–Kier alpha value is -1.26. The lowest BCUT2D eigenvalue weighted by molar-refractivity contribution is 0.710. The minimum absolute atomic E-state index is 0.957. The van der Waals surface area contributed by atoms with Crippen molar-refractivity contribution in [2.24, 2.45) is 0 Å². The largest absolute Gasteiger partial charge is 0.317 e. The lowest BCUT2D eigenvalue weighted by Crippen LogP contribution is -2.15. The fourth-order valence-electron chi connectivity index (χ4n) is 1.42. The molecule has 0 radical (unpaired) electrons. The van der Waals surface area contributed by atoms with Gasteiger partial charge in [-0.25, -0.2) is 0 Å². The lowest BCUT2D eigenvalue weighted by Gasteiger charge is -1.96. The Kier molecular flexibility index (Phi) is 4.02. The van der Waals surface area contributed by atoms with E-state index < -0.39 is 0 Å². The van der Waals surface area contributed by atoms with Crippen LogP contribution in [0.25, 0.3) is 10.6 Å². The van der Waals surface area contributed by atoms with E-state index >= 15 is 0 Å². The zero-order valence-electron chi connectivity index (χ0n) is 9.31. The molecule has 0 spiro atoms. The molecule has 0 saturated heterocycles. The first kappa shape index (κ1) is 11.2. The number of likely N-dealkylation sites (N-methyl/N-ethyl adjacent to an activating group) is 1. The predicted molar refractivity (Wildman–Crippen MR) is 67.6 cm³/mol. The molecular formula is C12H15N3S. The highest BCUT2D eigenvalue weighted by molar-refractivity contribution is 7.14. The van der Waals surface area contributed by atoms with Crippen LogP contribution >= 0.6 is 11.3 Å². The monoisotopic (exact) mass is 233 g/mol. The van der Waals surface area contributed by atoms with Crippen molar-refractivity contribution in [3.8, 4) is 10.6 Å². The molecule has 4 heteroatoms. The molecule has 1 aromatic heterocycles. The second kappa shape index (κ2) is 5.72. The van der Waals surface area contributed by atoms with Crippen molar-refractivity contribution in [1.29, 1.82) is 0 Å². The molecule has 84 valence electrons. The molecule has 3 nitrogen and oxygen atoms in total. The van der Waals surface area contributed by atoms with Crippen molar-refractivity contribution < 1.29 is 0 Å². The van der Waals surface area contributed by atoms with Crippen LogP contribution < -0.4 is 5.32 Å². The van der Waals surface area contributed by atoms with E-state index in [1.54, 1.807) is 11.3 Å². The summed E-state index contributed by atoms with van der Waals surface area (Å²) in [5, 5.41) is 13.8. The topological polar surface area (TPSA) is 37.8 Å². The van der Waals surface area contributed by atoms with E-state index in [1.165, 1.54) is 0 Å². The van der Waals surface area contributed by atoms with Crippen LogP contribution in [0.1, 0.15) is 11.9 Å². The summed E-state index contributed by atoms with van der Waals surface area (Å²) in [6, 6.07) is 10.2. The third-order valence-corrected chi connectivity index (χ3v) is 3.29. The smallest absolute Gasteiger partial charge is 0.147 e. The van der Waals surface area contributed by atoms with Gasteiger partial charge in [-0.15, -0.1) is 10.2 Å². The summed E-state index contributed by atoms with van der Waals surface area (Å²) in [6.45, 7) is 4.08. The fourth-order valence-corrected chi connectivity index (χ4v) is 2.27. The van der Waals surface area contributed by atoms with E-state index in [2.05, 4.69) is 34.6 Å². The van der Waals surface area contributed by atoms with Gasteiger partial charge in [0.25, 0.3) is 0 Å². The molecular weight excluding hydrogens is 218 g/mol. The maximum Gasteiger partial charge on any atom is 0.147 e. The molecule has 0 aliphatic heterocycles. The van der Waals surface area contributed by atoms with E-state index in [1.807, 2.05) is 18.2 Å². The molecule has 0 aliphatic carbocycles. The van der Waals surface area contributed by atoms with Gasteiger partial charge in [-0.1, -0.05) is 48.6 Å². The second-order valence-electron chi connectivity index (χ2n) is 3.47. The zero-order valence-corrected chi connectivity index (χ0v) is 10.1. The maximum absolute atomic E-state index is 4.21. The predicted octanol–water partition coefficient (Wildman–Crippen LogP) is 2.36. The third kappa shape index (κ3) is 2.87. The van der Waals surface area contributed by atoms with Gasteiger partial charge in [-0.3, -0.25) is 0 Å². The van der Waals surface area contributed by atoms with Crippen LogP contribution in [-0.2, 0) is 6.42 Å². The molecule has 0 saturated carbocycles.